The summed E-state index contributed by atoms with van der Waals surface area (Å²) in [7, 11) is -2.08. The highest BCUT2D eigenvalue weighted by Gasteiger charge is 2.24. The highest BCUT2D eigenvalue weighted by molar-refractivity contribution is 7.92. The first-order chi connectivity index (χ1) is 14.0. The molecule has 0 aromatic heterocycles. The van der Waals surface area contributed by atoms with Gasteiger partial charge in [-0.3, -0.25) is 9.10 Å². The predicted octanol–water partition coefficient (Wildman–Crippen LogP) is 4.33. The number of hydrogen-bond acceptors (Lipinski definition) is 4. The number of ether oxygens (including phenoxy) is 1. The number of sulfonamides is 1. The second-order valence-electron chi connectivity index (χ2n) is 7.73. The number of carbonyl (C=O) groups excluding carboxylic acids is 1. The van der Waals surface area contributed by atoms with Gasteiger partial charge in [-0.15, -0.1) is 0 Å². The van der Waals surface area contributed by atoms with E-state index in [9.17, 15) is 13.2 Å². The highest BCUT2D eigenvalue weighted by Crippen LogP contribution is 2.26. The van der Waals surface area contributed by atoms with Crippen LogP contribution in [0.15, 0.2) is 42.5 Å². The van der Waals surface area contributed by atoms with Gasteiger partial charge in [0, 0.05) is 5.02 Å². The van der Waals surface area contributed by atoms with Crippen LogP contribution in [-0.2, 0) is 14.8 Å². The van der Waals surface area contributed by atoms with Crippen LogP contribution < -0.4 is 14.4 Å². The standard InChI is InChI=1S/C22H29ClN2O4S/c1-15(2)12-21(17-7-10-19(29-4)11-8-17)24-22(26)14-25(30(5,27)28)18-9-6-16(3)20(23)13-18/h6-11,13,15,21H,12,14H2,1-5H3,(H,24,26)/t21-/m1/s1. The van der Waals surface area contributed by atoms with E-state index in [0.717, 1.165) is 27.4 Å². The largest absolute Gasteiger partial charge is 0.497 e. The summed E-state index contributed by atoms with van der Waals surface area (Å²) in [4.78, 5) is 12.8. The molecule has 1 N–H and O–H groups in total. The second kappa shape index (κ2) is 10.2. The minimum Gasteiger partial charge on any atom is -0.497 e. The van der Waals surface area contributed by atoms with Gasteiger partial charge in [-0.25, -0.2) is 8.42 Å². The predicted molar refractivity (Wildman–Crippen MR) is 122 cm³/mol. The lowest BCUT2D eigenvalue weighted by atomic mass is 9.97. The van der Waals surface area contributed by atoms with Crippen molar-refractivity contribution in [2.24, 2.45) is 5.92 Å². The zero-order valence-corrected chi connectivity index (χ0v) is 19.5. The first-order valence-corrected chi connectivity index (χ1v) is 11.9. The van der Waals surface area contributed by atoms with Gasteiger partial charge < -0.3 is 10.1 Å². The van der Waals surface area contributed by atoms with Gasteiger partial charge in [0.15, 0.2) is 0 Å². The maximum atomic E-state index is 12.8. The number of anilines is 1. The number of nitrogens with one attached hydrogen (secondary N) is 1. The quantitative estimate of drug-likeness (QED) is 0.614. The number of carbonyl (C=O) groups is 1. The fourth-order valence-corrected chi connectivity index (χ4v) is 4.12. The van der Waals surface area contributed by atoms with E-state index in [2.05, 4.69) is 19.2 Å². The molecule has 0 saturated carbocycles. The van der Waals surface area contributed by atoms with E-state index in [1.54, 1.807) is 25.3 Å². The Morgan fingerprint density at radius 3 is 2.30 bits per heavy atom. The molecule has 2 rings (SSSR count). The summed E-state index contributed by atoms with van der Waals surface area (Å²) in [6, 6.07) is 12.2. The Kier molecular flexibility index (Phi) is 8.15. The van der Waals surface area contributed by atoms with Gasteiger partial charge >= 0.3 is 0 Å². The Bertz CT molecular complexity index is 975. The molecule has 0 heterocycles. The molecule has 0 aliphatic rings. The van der Waals surface area contributed by atoms with Gasteiger partial charge in [0.1, 0.15) is 12.3 Å². The van der Waals surface area contributed by atoms with Crippen molar-refractivity contribution >= 4 is 33.2 Å². The number of halogens is 1. The molecule has 0 saturated heterocycles. The average molecular weight is 453 g/mol. The van der Waals surface area contributed by atoms with Crippen molar-refractivity contribution in [2.75, 3.05) is 24.2 Å². The number of nitrogens with zero attached hydrogens (tertiary/aromatic N) is 1. The molecule has 6 nitrogen and oxygen atoms in total. The van der Waals surface area contributed by atoms with Crippen molar-refractivity contribution < 1.29 is 17.9 Å². The maximum absolute atomic E-state index is 12.8. The Morgan fingerprint density at radius 2 is 1.80 bits per heavy atom. The number of rotatable bonds is 9. The summed E-state index contributed by atoms with van der Waals surface area (Å²) in [5.41, 5.74) is 2.12. The third-order valence-electron chi connectivity index (χ3n) is 4.69. The van der Waals surface area contributed by atoms with Crippen molar-refractivity contribution in [3.05, 3.63) is 58.6 Å². The van der Waals surface area contributed by atoms with Crippen molar-refractivity contribution in [2.45, 2.75) is 33.2 Å². The highest BCUT2D eigenvalue weighted by atomic mass is 35.5. The second-order valence-corrected chi connectivity index (χ2v) is 10.0. The van der Waals surface area contributed by atoms with E-state index in [0.29, 0.717) is 23.0 Å². The van der Waals surface area contributed by atoms with Gasteiger partial charge in [-0.2, -0.15) is 0 Å². The van der Waals surface area contributed by atoms with Crippen LogP contribution in [0.2, 0.25) is 5.02 Å². The van der Waals surface area contributed by atoms with Crippen LogP contribution in [0.25, 0.3) is 0 Å². The molecular formula is C22H29ClN2O4S. The Balaban J connectivity index is 2.24. The lowest BCUT2D eigenvalue weighted by Crippen LogP contribution is -2.41. The minimum absolute atomic E-state index is 0.244. The fourth-order valence-electron chi connectivity index (χ4n) is 3.09. The number of amides is 1. The number of benzene rings is 2. The van der Waals surface area contributed by atoms with Crippen LogP contribution in [-0.4, -0.2) is 34.2 Å². The third kappa shape index (κ3) is 6.64. The summed E-state index contributed by atoms with van der Waals surface area (Å²) < 4.78 is 31.0. The number of aryl methyl sites for hydroxylation is 1. The molecule has 0 spiro atoms. The normalized spacial score (nSPS) is 12.5. The van der Waals surface area contributed by atoms with E-state index in [4.69, 9.17) is 16.3 Å². The van der Waals surface area contributed by atoms with Crippen molar-refractivity contribution in [1.29, 1.82) is 0 Å². The number of hydrogen-bond donors (Lipinski definition) is 1. The van der Waals surface area contributed by atoms with Crippen LogP contribution >= 0.6 is 11.6 Å². The summed E-state index contributed by atoms with van der Waals surface area (Å²) >= 11 is 6.16. The molecule has 1 atom stereocenters. The van der Waals surface area contributed by atoms with Gasteiger partial charge in [-0.1, -0.05) is 43.6 Å². The monoisotopic (exact) mass is 452 g/mol. The van der Waals surface area contributed by atoms with Crippen LogP contribution in [0, 0.1) is 12.8 Å². The zero-order valence-electron chi connectivity index (χ0n) is 18.0. The van der Waals surface area contributed by atoms with Gasteiger partial charge in [0.25, 0.3) is 0 Å². The molecule has 0 aliphatic heterocycles. The third-order valence-corrected chi connectivity index (χ3v) is 6.24. The van der Waals surface area contributed by atoms with E-state index < -0.39 is 15.9 Å². The van der Waals surface area contributed by atoms with Gasteiger partial charge in [0.05, 0.1) is 25.1 Å². The summed E-state index contributed by atoms with van der Waals surface area (Å²) in [5, 5.41) is 3.42. The van der Waals surface area contributed by atoms with E-state index in [1.807, 2.05) is 31.2 Å². The Hall–Kier alpha value is -2.25. The maximum Gasteiger partial charge on any atom is 0.241 e. The topological polar surface area (TPSA) is 75.7 Å². The first-order valence-electron chi connectivity index (χ1n) is 9.68. The lowest BCUT2D eigenvalue weighted by molar-refractivity contribution is -0.120. The van der Waals surface area contributed by atoms with E-state index in [-0.39, 0.29) is 12.6 Å². The number of methoxy groups -OCH3 is 1. The van der Waals surface area contributed by atoms with Crippen LogP contribution in [0.3, 0.4) is 0 Å². The Labute approximate surface area is 184 Å². The van der Waals surface area contributed by atoms with Crippen LogP contribution in [0.5, 0.6) is 5.75 Å². The molecular weight excluding hydrogens is 424 g/mol. The van der Waals surface area contributed by atoms with E-state index >= 15 is 0 Å². The molecule has 8 heteroatoms. The van der Waals surface area contributed by atoms with Crippen LogP contribution in [0.4, 0.5) is 5.69 Å². The summed E-state index contributed by atoms with van der Waals surface area (Å²) in [5.74, 6) is 0.672. The summed E-state index contributed by atoms with van der Waals surface area (Å²) in [6.45, 7) is 5.64. The Morgan fingerprint density at radius 1 is 1.17 bits per heavy atom. The zero-order chi connectivity index (χ0) is 22.5. The minimum atomic E-state index is -3.68. The van der Waals surface area contributed by atoms with Crippen molar-refractivity contribution in [3.63, 3.8) is 0 Å². The molecule has 1 amide bonds. The molecule has 164 valence electrons. The molecule has 0 bridgehead atoms. The molecule has 0 unspecified atom stereocenters. The molecule has 0 radical (unpaired) electrons. The smallest absolute Gasteiger partial charge is 0.241 e. The molecule has 30 heavy (non-hydrogen) atoms. The average Bonchev–Trinajstić information content (AvgIpc) is 2.67. The molecule has 2 aromatic carbocycles. The van der Waals surface area contributed by atoms with Gasteiger partial charge in [0.2, 0.25) is 15.9 Å². The summed E-state index contributed by atoms with van der Waals surface area (Å²) in [6.07, 6.45) is 1.79. The van der Waals surface area contributed by atoms with Gasteiger partial charge in [-0.05, 0) is 54.7 Å². The fraction of sp³-hybridized carbons (Fsp3) is 0.409. The van der Waals surface area contributed by atoms with Crippen molar-refractivity contribution in [3.8, 4) is 5.75 Å². The van der Waals surface area contributed by atoms with Crippen molar-refractivity contribution in [1.82, 2.24) is 5.32 Å². The molecule has 0 fully saturated rings. The molecule has 2 aromatic rings. The first kappa shape index (κ1) is 24.0. The molecule has 0 aliphatic carbocycles. The van der Waals surface area contributed by atoms with E-state index in [1.165, 1.54) is 0 Å². The lowest BCUT2D eigenvalue weighted by Gasteiger charge is -2.25. The SMILES string of the molecule is COc1ccc([C@@H](CC(C)C)NC(=O)CN(c2ccc(C)c(Cl)c2)S(C)(=O)=O)cc1. The van der Waals surface area contributed by atoms with Crippen LogP contribution in [0.1, 0.15) is 37.4 Å².